The van der Waals surface area contributed by atoms with Crippen LogP contribution in [0.5, 0.6) is 0 Å². The van der Waals surface area contributed by atoms with Crippen molar-refractivity contribution in [2.45, 2.75) is 18.9 Å². The van der Waals surface area contributed by atoms with E-state index in [9.17, 15) is 14.4 Å². The maximum absolute atomic E-state index is 12.6. The van der Waals surface area contributed by atoms with E-state index in [0.717, 1.165) is 6.42 Å². The van der Waals surface area contributed by atoms with Gasteiger partial charge in [0.1, 0.15) is 5.41 Å². The summed E-state index contributed by atoms with van der Waals surface area (Å²) in [5.74, 6) is -0.467. The summed E-state index contributed by atoms with van der Waals surface area (Å²) in [4.78, 5) is 38.8. The van der Waals surface area contributed by atoms with Crippen LogP contribution in [-0.4, -0.2) is 56.8 Å². The van der Waals surface area contributed by atoms with Crippen LogP contribution in [0.4, 0.5) is 4.79 Å². The van der Waals surface area contributed by atoms with Crippen molar-refractivity contribution in [2.75, 3.05) is 27.9 Å². The van der Waals surface area contributed by atoms with Crippen molar-refractivity contribution in [3.63, 3.8) is 0 Å². The van der Waals surface area contributed by atoms with E-state index in [1.54, 1.807) is 4.90 Å². The van der Waals surface area contributed by atoms with Crippen LogP contribution in [0.15, 0.2) is 0 Å². The number of piperidine rings is 2. The average Bonchev–Trinajstić information content (AvgIpc) is 2.54. The summed E-state index contributed by atoms with van der Waals surface area (Å²) in [6.07, 6.45) is 1.08. The summed E-state index contributed by atoms with van der Waals surface area (Å²) in [5.41, 5.74) is -1.75. The topological polar surface area (TPSA) is 82.1 Å². The first-order valence-corrected chi connectivity index (χ1v) is 7.52. The third kappa shape index (κ3) is 1.03. The molecule has 0 aromatic rings. The van der Waals surface area contributed by atoms with Gasteiger partial charge in [-0.25, -0.2) is 4.79 Å². The second-order valence-electron chi connectivity index (χ2n) is 6.80. The molecule has 0 spiro atoms. The van der Waals surface area contributed by atoms with Crippen LogP contribution >= 0.6 is 0 Å². The molecule has 0 radical (unpaired) electrons. The van der Waals surface area contributed by atoms with Crippen molar-refractivity contribution in [1.29, 1.82) is 0 Å². The predicted molar refractivity (Wildman–Crippen MR) is 71.5 cm³/mol. The summed E-state index contributed by atoms with van der Waals surface area (Å²) in [5, 5.41) is 0. The van der Waals surface area contributed by atoms with E-state index in [2.05, 4.69) is 0 Å². The first kappa shape index (κ1) is 13.8. The van der Waals surface area contributed by atoms with Gasteiger partial charge in [0.15, 0.2) is 0 Å². The van der Waals surface area contributed by atoms with Gasteiger partial charge in [0.25, 0.3) is 0 Å². The van der Waals surface area contributed by atoms with Crippen molar-refractivity contribution in [3.05, 3.63) is 0 Å². The van der Waals surface area contributed by atoms with Crippen LogP contribution in [0.1, 0.15) is 12.8 Å². The largest absolute Gasteiger partial charge is 0.469 e. The zero-order chi connectivity index (χ0) is 15.9. The number of ether oxygens (including phenoxy) is 3. The number of hydrogen-bond acceptors (Lipinski definition) is 6. The van der Waals surface area contributed by atoms with E-state index < -0.39 is 22.9 Å². The number of fused-ring (bicyclic) bond motifs is 1. The van der Waals surface area contributed by atoms with Crippen LogP contribution in [0.25, 0.3) is 0 Å². The minimum Gasteiger partial charge on any atom is -0.469 e. The second-order valence-corrected chi connectivity index (χ2v) is 6.80. The van der Waals surface area contributed by atoms with Gasteiger partial charge in [-0.2, -0.15) is 0 Å². The Bertz CT molecular complexity index is 591. The average molecular weight is 309 g/mol. The highest BCUT2D eigenvalue weighted by Gasteiger charge is 2.94. The monoisotopic (exact) mass is 309 g/mol. The molecule has 7 fully saturated rings. The van der Waals surface area contributed by atoms with Crippen molar-refractivity contribution in [2.24, 2.45) is 28.6 Å². The number of methoxy groups -OCH3 is 3. The van der Waals surface area contributed by atoms with Crippen molar-refractivity contribution in [1.82, 2.24) is 4.90 Å². The molecule has 2 aliphatic heterocycles. The lowest BCUT2D eigenvalue weighted by Crippen LogP contribution is -2.94. The Balaban J connectivity index is 1.82. The zero-order valence-electron chi connectivity index (χ0n) is 12.8. The molecule has 1 amide bonds. The van der Waals surface area contributed by atoms with E-state index >= 15 is 0 Å². The van der Waals surface area contributed by atoms with Crippen LogP contribution in [0, 0.1) is 28.6 Å². The Labute approximate surface area is 127 Å². The summed E-state index contributed by atoms with van der Waals surface area (Å²) in [6, 6.07) is -0.310. The third-order valence-electron chi connectivity index (χ3n) is 6.72. The molecule has 0 N–H and O–H groups in total. The van der Waals surface area contributed by atoms with Crippen LogP contribution in [0.2, 0.25) is 0 Å². The fourth-order valence-electron chi connectivity index (χ4n) is 6.21. The van der Waals surface area contributed by atoms with E-state index in [-0.39, 0.29) is 29.8 Å². The van der Waals surface area contributed by atoms with Crippen molar-refractivity contribution >= 4 is 18.0 Å². The summed E-state index contributed by atoms with van der Waals surface area (Å²) in [7, 11) is 4.01. The fourth-order valence-corrected chi connectivity index (χ4v) is 6.21. The molecule has 2 heterocycles. The van der Waals surface area contributed by atoms with Gasteiger partial charge in [-0.1, -0.05) is 0 Å². The summed E-state index contributed by atoms with van der Waals surface area (Å²) in [6.45, 7) is 0.592. The first-order valence-electron chi connectivity index (χ1n) is 7.52. The number of carbonyl (C=O) groups is 3. The van der Waals surface area contributed by atoms with E-state index in [4.69, 9.17) is 14.2 Å². The van der Waals surface area contributed by atoms with Crippen LogP contribution in [0.3, 0.4) is 0 Å². The SMILES string of the molecule is COC(=O)N1C[C@H]2C[C@H]3[C@@H]1[C@@]1(C(=O)OC)[C@H]2C[C@@]31C(=O)OC. The Kier molecular flexibility index (Phi) is 2.48. The molecule has 0 aromatic heterocycles. The molecule has 0 aromatic carbocycles. The highest BCUT2D eigenvalue weighted by atomic mass is 16.5. The minimum atomic E-state index is -0.936. The van der Waals surface area contributed by atoms with E-state index in [0.29, 0.717) is 13.0 Å². The van der Waals surface area contributed by atoms with Crippen molar-refractivity contribution in [3.8, 4) is 0 Å². The molecule has 22 heavy (non-hydrogen) atoms. The quantitative estimate of drug-likeness (QED) is 0.543. The molecule has 6 bridgehead atoms. The number of esters is 2. The van der Waals surface area contributed by atoms with Crippen LogP contribution < -0.4 is 0 Å². The number of nitrogens with zero attached hydrogens (tertiary/aromatic N) is 1. The third-order valence-corrected chi connectivity index (χ3v) is 6.72. The maximum Gasteiger partial charge on any atom is 0.409 e. The van der Waals surface area contributed by atoms with E-state index in [1.807, 2.05) is 0 Å². The lowest BCUT2D eigenvalue weighted by Gasteiger charge is -2.84. The van der Waals surface area contributed by atoms with E-state index in [1.165, 1.54) is 21.3 Å². The summed E-state index contributed by atoms with van der Waals surface area (Å²) < 4.78 is 14.9. The van der Waals surface area contributed by atoms with Crippen molar-refractivity contribution < 1.29 is 28.6 Å². The normalized spacial score (nSPS) is 46.2. The molecule has 5 saturated carbocycles. The molecular weight excluding hydrogens is 290 g/mol. The molecule has 7 heteroatoms. The molecule has 7 rings (SSSR count). The smallest absolute Gasteiger partial charge is 0.409 e. The number of carbonyl (C=O) groups excluding carboxylic acids is 3. The highest BCUT2D eigenvalue weighted by Crippen LogP contribution is 2.85. The van der Waals surface area contributed by atoms with Gasteiger partial charge in [0.05, 0.1) is 32.8 Å². The first-order chi connectivity index (χ1) is 10.5. The highest BCUT2D eigenvalue weighted by molar-refractivity contribution is 5.97. The second kappa shape index (κ2) is 3.94. The number of rotatable bonds is 2. The Morgan fingerprint density at radius 3 is 2.27 bits per heavy atom. The molecule has 5 aliphatic carbocycles. The fraction of sp³-hybridized carbons (Fsp3) is 0.800. The van der Waals surface area contributed by atoms with Gasteiger partial charge in [-0.15, -0.1) is 0 Å². The minimum absolute atomic E-state index is 0.0399. The molecule has 2 saturated heterocycles. The van der Waals surface area contributed by atoms with Gasteiger partial charge < -0.3 is 19.1 Å². The number of amides is 1. The number of hydrogen-bond donors (Lipinski definition) is 0. The molecule has 6 atom stereocenters. The molecule has 120 valence electrons. The molecule has 7 aliphatic rings. The lowest BCUT2D eigenvalue weighted by atomic mass is 9.19. The van der Waals surface area contributed by atoms with Gasteiger partial charge in [-0.05, 0) is 30.6 Å². The molecule has 7 nitrogen and oxygen atoms in total. The predicted octanol–water partition coefficient (Wildman–Crippen LogP) is 0.425. The Morgan fingerprint density at radius 2 is 1.68 bits per heavy atom. The molecular formula is C15H19NO6. The van der Waals surface area contributed by atoms with Crippen LogP contribution in [-0.2, 0) is 23.8 Å². The van der Waals surface area contributed by atoms with Gasteiger partial charge >= 0.3 is 18.0 Å². The Hall–Kier alpha value is -1.79. The Morgan fingerprint density at radius 1 is 1.00 bits per heavy atom. The van der Waals surface area contributed by atoms with Gasteiger partial charge in [-0.3, -0.25) is 9.59 Å². The lowest BCUT2D eigenvalue weighted by molar-refractivity contribution is -0.372. The standard InChI is InChI=1S/C15H19NO6/c1-20-11(17)14-5-9-7-4-8(14)10(15(9,14)12(18)21-2)16(6-7)13(19)22-3/h7-10H,4-6H2,1-3H3/t7-,8+,9+,10-,14+,15-/m1/s1. The van der Waals surface area contributed by atoms with Gasteiger partial charge in [0, 0.05) is 6.54 Å². The molecule has 0 unspecified atom stereocenters. The van der Waals surface area contributed by atoms with Gasteiger partial charge in [0.2, 0.25) is 0 Å². The maximum atomic E-state index is 12.6. The summed E-state index contributed by atoms with van der Waals surface area (Å²) >= 11 is 0. The zero-order valence-corrected chi connectivity index (χ0v) is 12.8.